The number of aryl methyl sites for hydroxylation is 2. The zero-order valence-corrected chi connectivity index (χ0v) is 18.8. The van der Waals surface area contributed by atoms with Gasteiger partial charge in [-0.05, 0) is 54.7 Å². The summed E-state index contributed by atoms with van der Waals surface area (Å²) in [6.45, 7) is 5.53. The smallest absolute Gasteiger partial charge is 0.307 e. The monoisotopic (exact) mass is 444 g/mol. The first-order chi connectivity index (χ1) is 15.0. The van der Waals surface area contributed by atoms with Crippen molar-refractivity contribution in [3.05, 3.63) is 52.2 Å². The lowest BCUT2D eigenvalue weighted by Gasteiger charge is -2.13. The van der Waals surface area contributed by atoms with Crippen LogP contribution in [0, 0.1) is 0 Å². The summed E-state index contributed by atoms with van der Waals surface area (Å²) >= 11 is 6.08. The van der Waals surface area contributed by atoms with Crippen LogP contribution in [0.25, 0.3) is 11.0 Å². The van der Waals surface area contributed by atoms with E-state index in [-0.39, 0.29) is 6.42 Å². The molecule has 7 heteroatoms. The first kappa shape index (κ1) is 22.9. The first-order valence-electron chi connectivity index (χ1n) is 10.8. The maximum Gasteiger partial charge on any atom is 0.307 e. The number of hydrogen-bond acceptors (Lipinski definition) is 5. The van der Waals surface area contributed by atoms with Gasteiger partial charge in [-0.1, -0.05) is 49.5 Å². The van der Waals surface area contributed by atoms with E-state index < -0.39 is 5.97 Å². The predicted octanol–water partition coefficient (Wildman–Crippen LogP) is 5.89. The van der Waals surface area contributed by atoms with Crippen molar-refractivity contribution in [1.29, 1.82) is 0 Å². The third-order valence-corrected chi connectivity index (χ3v) is 5.40. The summed E-state index contributed by atoms with van der Waals surface area (Å²) in [6.07, 6.45) is 4.53. The molecule has 1 aromatic heterocycles. The quantitative estimate of drug-likeness (QED) is 0.338. The Hall–Kier alpha value is -2.73. The number of carboxylic acid groups (broad SMARTS) is 1. The summed E-state index contributed by atoms with van der Waals surface area (Å²) in [5.74, 6) is 0.00821. The fourth-order valence-corrected chi connectivity index (χ4v) is 3.88. The van der Waals surface area contributed by atoms with Gasteiger partial charge in [0.1, 0.15) is 5.75 Å². The molecule has 31 heavy (non-hydrogen) atoms. The maximum atomic E-state index is 11.1. The van der Waals surface area contributed by atoms with Gasteiger partial charge in [-0.15, -0.1) is 0 Å². The lowest BCUT2D eigenvalue weighted by Crippen LogP contribution is -2.09. The molecule has 0 unspecified atom stereocenters. The lowest BCUT2D eigenvalue weighted by molar-refractivity contribution is -0.136. The normalized spacial score (nSPS) is 11.1. The highest BCUT2D eigenvalue weighted by Gasteiger charge is 2.15. The predicted molar refractivity (Wildman–Crippen MR) is 123 cm³/mol. The van der Waals surface area contributed by atoms with Gasteiger partial charge in [0.25, 0.3) is 0 Å². The summed E-state index contributed by atoms with van der Waals surface area (Å²) < 4.78 is 11.4. The SMILES string of the molecule is CCCc1cc(NCCCOc2ccc3c(Cl)noc3c2CCC)ccc1CC(=O)O. The molecular weight excluding hydrogens is 416 g/mol. The Labute approximate surface area is 187 Å². The number of nitrogens with zero attached hydrogens (tertiary/aromatic N) is 1. The van der Waals surface area contributed by atoms with Crippen molar-refractivity contribution in [1.82, 2.24) is 5.16 Å². The van der Waals surface area contributed by atoms with Crippen LogP contribution in [0.1, 0.15) is 49.8 Å². The summed E-state index contributed by atoms with van der Waals surface area (Å²) in [6, 6.07) is 9.73. The second-order valence-electron chi connectivity index (χ2n) is 7.58. The minimum atomic E-state index is -0.802. The molecule has 0 saturated carbocycles. The van der Waals surface area contributed by atoms with E-state index in [2.05, 4.69) is 30.4 Å². The largest absolute Gasteiger partial charge is 0.493 e. The molecule has 6 nitrogen and oxygen atoms in total. The first-order valence-corrected chi connectivity index (χ1v) is 11.2. The number of fused-ring (bicyclic) bond motifs is 1. The van der Waals surface area contributed by atoms with E-state index in [1.807, 2.05) is 24.3 Å². The van der Waals surface area contributed by atoms with Crippen LogP contribution in [0.4, 0.5) is 5.69 Å². The second-order valence-corrected chi connectivity index (χ2v) is 7.93. The standard InChI is InChI=1S/C24H29ClN2O4/c1-3-6-16-14-18(9-8-17(16)15-22(28)29)26-12-5-13-30-21-11-10-20-23(19(21)7-4-2)31-27-24(20)25/h8-11,14,26H,3-7,12-13,15H2,1-2H3,(H,28,29). The Bertz CT molecular complexity index is 1030. The van der Waals surface area contributed by atoms with Gasteiger partial charge < -0.3 is 19.7 Å². The number of benzene rings is 2. The van der Waals surface area contributed by atoms with Crippen molar-refractivity contribution in [2.45, 2.75) is 52.4 Å². The van der Waals surface area contributed by atoms with Gasteiger partial charge in [-0.25, -0.2) is 0 Å². The molecule has 0 aliphatic carbocycles. The fraction of sp³-hybridized carbons (Fsp3) is 0.417. The molecule has 0 amide bonds. The van der Waals surface area contributed by atoms with Gasteiger partial charge >= 0.3 is 5.97 Å². The average Bonchev–Trinajstić information content (AvgIpc) is 3.12. The van der Waals surface area contributed by atoms with Crippen molar-refractivity contribution in [3.63, 3.8) is 0 Å². The molecule has 0 radical (unpaired) electrons. The molecule has 0 bridgehead atoms. The molecular formula is C24H29ClN2O4. The summed E-state index contributed by atoms with van der Waals surface area (Å²) in [4.78, 5) is 11.1. The zero-order valence-electron chi connectivity index (χ0n) is 18.0. The Balaban J connectivity index is 1.56. The minimum absolute atomic E-state index is 0.0598. The highest BCUT2D eigenvalue weighted by Crippen LogP contribution is 2.33. The third kappa shape index (κ3) is 5.91. The number of ether oxygens (including phenoxy) is 1. The van der Waals surface area contributed by atoms with Crippen molar-refractivity contribution in [2.24, 2.45) is 0 Å². The zero-order chi connectivity index (χ0) is 22.2. The number of halogens is 1. The van der Waals surface area contributed by atoms with Gasteiger partial charge in [0, 0.05) is 17.8 Å². The van der Waals surface area contributed by atoms with Gasteiger partial charge in [0.15, 0.2) is 10.7 Å². The summed E-state index contributed by atoms with van der Waals surface area (Å²) in [7, 11) is 0. The molecule has 3 aromatic rings. The van der Waals surface area contributed by atoms with Crippen LogP contribution in [0.2, 0.25) is 5.15 Å². The van der Waals surface area contributed by atoms with Crippen LogP contribution in [0.15, 0.2) is 34.9 Å². The summed E-state index contributed by atoms with van der Waals surface area (Å²) in [5.41, 5.74) is 4.68. The minimum Gasteiger partial charge on any atom is -0.493 e. The Morgan fingerprint density at radius 2 is 1.97 bits per heavy atom. The third-order valence-electron chi connectivity index (χ3n) is 5.13. The topological polar surface area (TPSA) is 84.6 Å². The highest BCUT2D eigenvalue weighted by atomic mass is 35.5. The molecule has 3 rings (SSSR count). The number of aromatic nitrogens is 1. The molecule has 2 N–H and O–H groups in total. The van der Waals surface area contributed by atoms with Gasteiger partial charge in [0.05, 0.1) is 18.4 Å². The second kappa shape index (κ2) is 11.0. The van der Waals surface area contributed by atoms with E-state index in [4.69, 9.17) is 26.0 Å². The number of carbonyl (C=O) groups is 1. The van der Waals surface area contributed by atoms with Crippen LogP contribution in [-0.2, 0) is 24.1 Å². The Morgan fingerprint density at radius 3 is 2.71 bits per heavy atom. The van der Waals surface area contributed by atoms with Gasteiger partial charge in [0.2, 0.25) is 0 Å². The molecule has 166 valence electrons. The number of aliphatic carboxylic acids is 1. The number of anilines is 1. The van der Waals surface area contributed by atoms with Gasteiger partial charge in [-0.2, -0.15) is 0 Å². The van der Waals surface area contributed by atoms with E-state index in [1.54, 1.807) is 0 Å². The molecule has 2 aromatic carbocycles. The van der Waals surface area contributed by atoms with Crippen molar-refractivity contribution in [2.75, 3.05) is 18.5 Å². The molecule has 0 saturated heterocycles. The molecule has 0 spiro atoms. The van der Waals surface area contributed by atoms with E-state index in [1.165, 1.54) is 0 Å². The van der Waals surface area contributed by atoms with E-state index in [0.29, 0.717) is 17.3 Å². The van der Waals surface area contributed by atoms with Crippen molar-refractivity contribution >= 4 is 34.2 Å². The average molecular weight is 445 g/mol. The van der Waals surface area contributed by atoms with Crippen LogP contribution < -0.4 is 10.1 Å². The van der Waals surface area contributed by atoms with Crippen LogP contribution in [-0.4, -0.2) is 29.4 Å². The highest BCUT2D eigenvalue weighted by molar-refractivity contribution is 6.34. The van der Waals surface area contributed by atoms with Crippen LogP contribution in [0.3, 0.4) is 0 Å². The number of rotatable bonds is 12. The van der Waals surface area contributed by atoms with Crippen LogP contribution in [0.5, 0.6) is 5.75 Å². The molecule has 0 aliphatic heterocycles. The molecule has 1 heterocycles. The van der Waals surface area contributed by atoms with Crippen molar-refractivity contribution < 1.29 is 19.2 Å². The maximum absolute atomic E-state index is 11.1. The Morgan fingerprint density at radius 1 is 1.16 bits per heavy atom. The van der Waals surface area contributed by atoms with E-state index >= 15 is 0 Å². The van der Waals surface area contributed by atoms with E-state index in [0.717, 1.165) is 72.2 Å². The van der Waals surface area contributed by atoms with Gasteiger partial charge in [-0.3, -0.25) is 4.79 Å². The summed E-state index contributed by atoms with van der Waals surface area (Å²) in [5, 5.41) is 17.5. The van der Waals surface area contributed by atoms with Crippen LogP contribution >= 0.6 is 11.6 Å². The lowest BCUT2D eigenvalue weighted by atomic mass is 10.00. The molecule has 0 atom stereocenters. The number of carboxylic acids is 1. The molecule has 0 aliphatic rings. The number of nitrogens with one attached hydrogen (secondary N) is 1. The van der Waals surface area contributed by atoms with E-state index in [9.17, 15) is 4.79 Å². The number of hydrogen-bond donors (Lipinski definition) is 2. The fourth-order valence-electron chi connectivity index (χ4n) is 3.69. The Kier molecular flexibility index (Phi) is 8.18. The molecule has 0 fully saturated rings. The van der Waals surface area contributed by atoms with Crippen molar-refractivity contribution in [3.8, 4) is 5.75 Å².